The minimum Gasteiger partial charge on any atom is -0.463 e. The van der Waals surface area contributed by atoms with E-state index < -0.39 is 26.5 Å². The predicted molar refractivity (Wildman–Crippen MR) is 129 cm³/mol. The molecule has 1 fully saturated rings. The van der Waals surface area contributed by atoms with Gasteiger partial charge in [-0.1, -0.05) is 51.1 Å². The molecule has 1 aliphatic heterocycles. The van der Waals surface area contributed by atoms with Gasteiger partial charge in [0.1, 0.15) is 6.61 Å². The molecule has 1 heterocycles. The maximum Gasteiger partial charge on any atom is 0.416 e. The minimum atomic E-state index is -2.16. The van der Waals surface area contributed by atoms with E-state index in [4.69, 9.17) is 13.9 Å². The van der Waals surface area contributed by atoms with E-state index in [1.165, 1.54) is 11.0 Å². The quantitative estimate of drug-likeness (QED) is 0.273. The minimum absolute atomic E-state index is 0.0352. The van der Waals surface area contributed by atoms with Crippen LogP contribution in [-0.2, 0) is 29.9 Å². The standard InChI is InChI=1S/C25H37NO6Si/c1-7-30-23(28)16-14-21(32-33(5,6)25(2,3)4)13-15-22(27)26-20(18-31-24(26)29)17-19-11-9-8-10-12-19/h8-12,14,16,20-21H,7,13,15,17-18H2,1-6H3/b16-14+/t20-,21-/m1/s1. The van der Waals surface area contributed by atoms with Gasteiger partial charge in [-0.15, -0.1) is 0 Å². The molecule has 1 aliphatic rings. The summed E-state index contributed by atoms with van der Waals surface area (Å²) in [4.78, 5) is 38.4. The van der Waals surface area contributed by atoms with Crippen molar-refractivity contribution in [2.24, 2.45) is 0 Å². The molecule has 2 atom stereocenters. The second kappa shape index (κ2) is 11.6. The normalized spacial score (nSPS) is 17.8. The number of hydrogen-bond donors (Lipinski definition) is 0. The molecule has 0 unspecified atom stereocenters. The smallest absolute Gasteiger partial charge is 0.416 e. The summed E-state index contributed by atoms with van der Waals surface area (Å²) in [5.74, 6) is -0.745. The van der Waals surface area contributed by atoms with Gasteiger partial charge in [0.25, 0.3) is 0 Å². The lowest BCUT2D eigenvalue weighted by Gasteiger charge is -2.38. The number of carbonyl (C=O) groups is 3. The lowest BCUT2D eigenvalue weighted by Crippen LogP contribution is -2.44. The summed E-state index contributed by atoms with van der Waals surface area (Å²) in [6, 6.07) is 9.39. The number of imide groups is 1. The van der Waals surface area contributed by atoms with Gasteiger partial charge in [-0.3, -0.25) is 4.79 Å². The molecule has 0 spiro atoms. The molecule has 0 bridgehead atoms. The molecule has 0 saturated carbocycles. The Morgan fingerprint density at radius 2 is 1.91 bits per heavy atom. The molecule has 1 aromatic carbocycles. The first kappa shape index (κ1) is 26.8. The van der Waals surface area contributed by atoms with E-state index in [9.17, 15) is 14.4 Å². The van der Waals surface area contributed by atoms with Crippen LogP contribution in [0.4, 0.5) is 4.79 Å². The molecule has 7 nitrogen and oxygen atoms in total. The van der Waals surface area contributed by atoms with E-state index in [1.54, 1.807) is 13.0 Å². The zero-order valence-electron chi connectivity index (χ0n) is 20.6. The van der Waals surface area contributed by atoms with Gasteiger partial charge in [0, 0.05) is 12.5 Å². The average Bonchev–Trinajstić information content (AvgIpc) is 3.09. The fourth-order valence-corrected chi connectivity index (χ4v) is 4.62. The predicted octanol–water partition coefficient (Wildman–Crippen LogP) is 4.87. The Morgan fingerprint density at radius 1 is 1.24 bits per heavy atom. The van der Waals surface area contributed by atoms with Crippen molar-refractivity contribution in [3.8, 4) is 0 Å². The molecule has 0 aliphatic carbocycles. The summed E-state index contributed by atoms with van der Waals surface area (Å²) >= 11 is 0. The number of nitrogens with zero attached hydrogens (tertiary/aromatic N) is 1. The highest BCUT2D eigenvalue weighted by Crippen LogP contribution is 2.38. The fourth-order valence-electron chi connectivity index (χ4n) is 3.31. The van der Waals surface area contributed by atoms with Crippen molar-refractivity contribution in [1.82, 2.24) is 4.90 Å². The Hall–Kier alpha value is -2.45. The van der Waals surface area contributed by atoms with Gasteiger partial charge in [0.15, 0.2) is 8.32 Å². The number of ether oxygens (including phenoxy) is 2. The van der Waals surface area contributed by atoms with Gasteiger partial charge in [-0.2, -0.15) is 0 Å². The van der Waals surface area contributed by atoms with Crippen molar-refractivity contribution in [2.45, 2.75) is 77.2 Å². The summed E-state index contributed by atoms with van der Waals surface area (Å²) in [5.41, 5.74) is 1.04. The van der Waals surface area contributed by atoms with Crippen LogP contribution in [0.5, 0.6) is 0 Å². The first-order valence-electron chi connectivity index (χ1n) is 11.5. The molecule has 0 radical (unpaired) electrons. The van der Waals surface area contributed by atoms with E-state index in [-0.39, 0.29) is 36.6 Å². The molecule has 0 N–H and O–H groups in total. The van der Waals surface area contributed by atoms with Crippen molar-refractivity contribution in [3.05, 3.63) is 48.0 Å². The molecule has 1 aromatic rings. The summed E-state index contributed by atoms with van der Waals surface area (Å²) in [6.07, 6.45) is 2.97. The topological polar surface area (TPSA) is 82.1 Å². The van der Waals surface area contributed by atoms with Crippen molar-refractivity contribution in [1.29, 1.82) is 0 Å². The van der Waals surface area contributed by atoms with Crippen molar-refractivity contribution in [2.75, 3.05) is 13.2 Å². The van der Waals surface area contributed by atoms with Crippen LogP contribution < -0.4 is 0 Å². The summed E-state index contributed by atoms with van der Waals surface area (Å²) in [6.45, 7) is 12.8. The Morgan fingerprint density at radius 3 is 2.52 bits per heavy atom. The number of cyclic esters (lactones) is 1. The first-order chi connectivity index (χ1) is 15.4. The maximum atomic E-state index is 13.0. The first-order valence-corrected chi connectivity index (χ1v) is 14.4. The van der Waals surface area contributed by atoms with Crippen LogP contribution in [0.3, 0.4) is 0 Å². The lowest BCUT2D eigenvalue weighted by molar-refractivity contribution is -0.137. The number of benzene rings is 1. The number of hydrogen-bond acceptors (Lipinski definition) is 6. The number of rotatable bonds is 10. The largest absolute Gasteiger partial charge is 0.463 e. The van der Waals surface area contributed by atoms with Gasteiger partial charge in [-0.05, 0) is 49.5 Å². The Kier molecular flexibility index (Phi) is 9.42. The van der Waals surface area contributed by atoms with Crippen LogP contribution in [-0.4, -0.2) is 56.5 Å². The molecule has 182 valence electrons. The summed E-state index contributed by atoms with van der Waals surface area (Å²) in [5, 5.41) is -0.0352. The highest BCUT2D eigenvalue weighted by atomic mass is 28.4. The van der Waals surface area contributed by atoms with Crippen molar-refractivity contribution >= 4 is 26.3 Å². The van der Waals surface area contributed by atoms with E-state index in [1.807, 2.05) is 30.3 Å². The Bertz CT molecular complexity index is 846. The van der Waals surface area contributed by atoms with E-state index >= 15 is 0 Å². The van der Waals surface area contributed by atoms with E-state index in [0.717, 1.165) is 5.56 Å². The second-order valence-electron chi connectivity index (χ2n) is 9.75. The summed E-state index contributed by atoms with van der Waals surface area (Å²) < 4.78 is 16.6. The van der Waals surface area contributed by atoms with Gasteiger partial charge < -0.3 is 13.9 Å². The molecule has 1 saturated heterocycles. The third-order valence-corrected chi connectivity index (χ3v) is 10.7. The van der Waals surface area contributed by atoms with Crippen molar-refractivity contribution in [3.63, 3.8) is 0 Å². The van der Waals surface area contributed by atoms with Gasteiger partial charge in [0.2, 0.25) is 5.91 Å². The molecule has 2 rings (SSSR count). The SMILES string of the molecule is CCOC(=O)/C=C/[C@@H](CCC(=O)N1C(=O)OC[C@H]1Cc1ccccc1)O[Si](C)(C)C(C)(C)C. The zero-order valence-corrected chi connectivity index (χ0v) is 21.6. The monoisotopic (exact) mass is 475 g/mol. The molecular formula is C25H37NO6Si. The van der Waals surface area contributed by atoms with Gasteiger partial charge in [-0.25, -0.2) is 14.5 Å². The van der Waals surface area contributed by atoms with Crippen LogP contribution in [0.2, 0.25) is 18.1 Å². The third kappa shape index (κ3) is 7.82. The van der Waals surface area contributed by atoms with Crippen LogP contribution in [0.1, 0.15) is 46.1 Å². The molecule has 0 aromatic heterocycles. The second-order valence-corrected chi connectivity index (χ2v) is 14.5. The van der Waals surface area contributed by atoms with E-state index in [0.29, 0.717) is 12.8 Å². The highest BCUT2D eigenvalue weighted by Gasteiger charge is 2.40. The van der Waals surface area contributed by atoms with Crippen molar-refractivity contribution < 1.29 is 28.3 Å². The Labute approximate surface area is 198 Å². The highest BCUT2D eigenvalue weighted by molar-refractivity contribution is 6.74. The Balaban J connectivity index is 2.09. The zero-order chi connectivity index (χ0) is 24.6. The van der Waals surface area contributed by atoms with Crippen LogP contribution in [0.25, 0.3) is 0 Å². The summed E-state index contributed by atoms with van der Waals surface area (Å²) in [7, 11) is -2.16. The molecule has 8 heteroatoms. The number of carbonyl (C=O) groups excluding carboxylic acids is 3. The van der Waals surface area contributed by atoms with E-state index in [2.05, 4.69) is 33.9 Å². The van der Waals surface area contributed by atoms with Gasteiger partial charge >= 0.3 is 12.1 Å². The van der Waals surface area contributed by atoms with Crippen LogP contribution >= 0.6 is 0 Å². The maximum absolute atomic E-state index is 13.0. The van der Waals surface area contributed by atoms with Crippen LogP contribution in [0.15, 0.2) is 42.5 Å². The molecular weight excluding hydrogens is 438 g/mol. The fraction of sp³-hybridized carbons (Fsp3) is 0.560. The average molecular weight is 476 g/mol. The number of amides is 2. The number of esters is 1. The molecule has 33 heavy (non-hydrogen) atoms. The lowest BCUT2D eigenvalue weighted by atomic mass is 10.1. The third-order valence-electron chi connectivity index (χ3n) is 6.17. The van der Waals surface area contributed by atoms with Crippen LogP contribution in [0, 0.1) is 0 Å². The molecule has 2 amide bonds. The van der Waals surface area contributed by atoms with Gasteiger partial charge in [0.05, 0.1) is 18.8 Å².